The van der Waals surface area contributed by atoms with Crippen LogP contribution in [0, 0.1) is 0 Å². The first-order valence-electron chi connectivity index (χ1n) is 22.0. The highest BCUT2D eigenvalue weighted by Gasteiger charge is 2.29. The Hall–Kier alpha value is -1.30. The van der Waals surface area contributed by atoms with Gasteiger partial charge in [-0.25, -0.2) is 0 Å². The van der Waals surface area contributed by atoms with Gasteiger partial charge in [0.2, 0.25) is 0 Å². The average molecular weight is 764 g/mol. The zero-order valence-electron chi connectivity index (χ0n) is 34.8. The van der Waals surface area contributed by atoms with Crippen LogP contribution in [-0.4, -0.2) is 92.3 Å². The lowest BCUT2D eigenvalue weighted by Crippen LogP contribution is -2.48. The van der Waals surface area contributed by atoms with Crippen LogP contribution in [0.1, 0.15) is 219 Å². The van der Waals surface area contributed by atoms with Crippen molar-refractivity contribution in [1.82, 2.24) is 5.32 Å². The number of hydrogen-bond donors (Lipinski definition) is 8. The van der Waals surface area contributed by atoms with E-state index in [0.717, 1.165) is 25.7 Å². The van der Waals surface area contributed by atoms with Crippen LogP contribution in [-0.2, 0) is 9.59 Å². The second kappa shape index (κ2) is 46.9. The van der Waals surface area contributed by atoms with Crippen molar-refractivity contribution in [3.63, 3.8) is 0 Å². The maximum atomic E-state index is 10.3. The molecule has 0 rings (SSSR count). The summed E-state index contributed by atoms with van der Waals surface area (Å²) in [5.74, 6) is -1.31. The van der Waals surface area contributed by atoms with Crippen molar-refractivity contribution >= 4 is 11.9 Å². The van der Waals surface area contributed by atoms with Gasteiger partial charge in [0.1, 0.15) is 18.3 Å². The van der Waals surface area contributed by atoms with E-state index in [4.69, 9.17) is 30.6 Å². The minimum Gasteiger partial charge on any atom is -0.481 e. The molecule has 53 heavy (non-hydrogen) atoms. The number of nitrogens with one attached hydrogen (secondary N) is 1. The van der Waals surface area contributed by atoms with Crippen molar-refractivity contribution in [2.24, 2.45) is 0 Å². The van der Waals surface area contributed by atoms with Gasteiger partial charge in [0.05, 0.1) is 12.7 Å². The molecule has 0 fully saturated rings. The van der Waals surface area contributed by atoms with Crippen LogP contribution in [0.25, 0.3) is 0 Å². The van der Waals surface area contributed by atoms with Gasteiger partial charge in [-0.3, -0.25) is 9.59 Å². The van der Waals surface area contributed by atoms with Crippen LogP contribution < -0.4 is 5.32 Å². The Morgan fingerprint density at radius 1 is 0.415 bits per heavy atom. The predicted octanol–water partition coefficient (Wildman–Crippen LogP) is 9.31. The highest BCUT2D eigenvalue weighted by atomic mass is 16.4. The van der Waals surface area contributed by atoms with Crippen molar-refractivity contribution in [2.75, 3.05) is 20.2 Å². The molecule has 0 aromatic heterocycles. The van der Waals surface area contributed by atoms with Gasteiger partial charge in [0.15, 0.2) is 0 Å². The van der Waals surface area contributed by atoms with Gasteiger partial charge < -0.3 is 41.1 Å². The molecule has 0 heterocycles. The van der Waals surface area contributed by atoms with Crippen molar-refractivity contribution in [2.45, 2.75) is 244 Å². The van der Waals surface area contributed by atoms with E-state index in [9.17, 15) is 14.7 Å². The average Bonchev–Trinajstić information content (AvgIpc) is 3.14. The second-order valence-electron chi connectivity index (χ2n) is 15.0. The number of unbranched alkanes of at least 4 members (excludes halogenated alkanes) is 28. The summed E-state index contributed by atoms with van der Waals surface area (Å²) in [7, 11) is 1.57. The van der Waals surface area contributed by atoms with E-state index in [0.29, 0.717) is 12.8 Å². The van der Waals surface area contributed by atoms with Crippen LogP contribution in [0.3, 0.4) is 0 Å². The summed E-state index contributed by atoms with van der Waals surface area (Å²) >= 11 is 0. The highest BCUT2D eigenvalue weighted by molar-refractivity contribution is 5.66. The van der Waals surface area contributed by atoms with Crippen LogP contribution in [0.5, 0.6) is 0 Å². The molecule has 8 N–H and O–H groups in total. The Labute approximate surface area is 326 Å². The number of rotatable bonds is 38. The molecule has 10 heteroatoms. The predicted molar refractivity (Wildman–Crippen MR) is 219 cm³/mol. The Bertz CT molecular complexity index is 684. The van der Waals surface area contributed by atoms with Gasteiger partial charge >= 0.3 is 11.9 Å². The minimum absolute atomic E-state index is 0.0936. The fourth-order valence-corrected chi connectivity index (χ4v) is 6.19. The maximum Gasteiger partial charge on any atom is 0.303 e. The van der Waals surface area contributed by atoms with Gasteiger partial charge in [-0.15, -0.1) is 0 Å². The summed E-state index contributed by atoms with van der Waals surface area (Å²) < 4.78 is 0. The number of hydrogen-bond acceptors (Lipinski definition) is 8. The largest absolute Gasteiger partial charge is 0.481 e. The molecule has 0 spiro atoms. The quantitative estimate of drug-likeness (QED) is 0.0282. The molecule has 0 aliphatic rings. The number of likely N-dealkylation sites (N-methyl/N-ethyl adjacent to an activating group) is 1. The molecule has 0 aliphatic heterocycles. The molecule has 0 aromatic rings. The number of aliphatic hydroxyl groups excluding tert-OH is 5. The van der Waals surface area contributed by atoms with Gasteiger partial charge in [0.25, 0.3) is 0 Å². The Morgan fingerprint density at radius 3 is 0.849 bits per heavy atom. The van der Waals surface area contributed by atoms with Crippen LogP contribution in [0.15, 0.2) is 0 Å². The third-order valence-electron chi connectivity index (χ3n) is 9.73. The number of carbonyl (C=O) groups is 2. The van der Waals surface area contributed by atoms with Crippen LogP contribution >= 0.6 is 0 Å². The summed E-state index contributed by atoms with van der Waals surface area (Å²) in [5.41, 5.74) is 0. The normalized spacial score (nSPS) is 13.3. The standard InChI is InChI=1S/2C18H36O2.C7H17NO5/c2*1-2-3-4-5-6-7-8-9-10-11-12-13-14-15-16-17-18(19)20;1-8-2-4(10)6(12)7(13)5(11)3-9/h2*2-17H2,1H3,(H,19,20);4-13H,2-3H2,1H3/t;;4-,5+,6+,7+/m..0/s1. The molecule has 0 aliphatic carbocycles. The molecular formula is C43H89NO9. The van der Waals surface area contributed by atoms with E-state index < -0.39 is 43.0 Å². The topological polar surface area (TPSA) is 188 Å². The zero-order chi connectivity index (χ0) is 40.2. The third kappa shape index (κ3) is 48.7. The lowest BCUT2D eigenvalue weighted by atomic mass is 10.0. The first-order valence-corrected chi connectivity index (χ1v) is 22.0. The van der Waals surface area contributed by atoms with Crippen molar-refractivity contribution in [3.05, 3.63) is 0 Å². The number of carboxylic acid groups (broad SMARTS) is 2. The minimum atomic E-state index is -1.55. The molecule has 4 atom stereocenters. The summed E-state index contributed by atoms with van der Waals surface area (Å²) in [6.45, 7) is 3.97. The van der Waals surface area contributed by atoms with E-state index >= 15 is 0 Å². The highest BCUT2D eigenvalue weighted by Crippen LogP contribution is 2.15. The molecule has 320 valence electrons. The zero-order valence-corrected chi connectivity index (χ0v) is 34.8. The van der Waals surface area contributed by atoms with E-state index in [1.807, 2.05) is 0 Å². The van der Waals surface area contributed by atoms with Crippen molar-refractivity contribution in [3.8, 4) is 0 Å². The molecular weight excluding hydrogens is 674 g/mol. The van der Waals surface area contributed by atoms with Gasteiger partial charge in [-0.05, 0) is 19.9 Å². The SMILES string of the molecule is CCCCCCCCCCCCCCCCCC(=O)O.CCCCCCCCCCCCCCCCCC(=O)O.CNC[C@H](O)[C@@H](O)[C@H](O)[C@H](O)CO. The van der Waals surface area contributed by atoms with Gasteiger partial charge in [-0.2, -0.15) is 0 Å². The van der Waals surface area contributed by atoms with E-state index in [-0.39, 0.29) is 6.54 Å². The first-order chi connectivity index (χ1) is 25.6. The number of aliphatic carboxylic acids is 2. The lowest BCUT2D eigenvalue weighted by molar-refractivity contribution is -0.138. The fourth-order valence-electron chi connectivity index (χ4n) is 6.19. The maximum absolute atomic E-state index is 10.3. The monoisotopic (exact) mass is 764 g/mol. The summed E-state index contributed by atoms with van der Waals surface area (Å²) in [4.78, 5) is 20.7. The molecule has 0 saturated heterocycles. The smallest absolute Gasteiger partial charge is 0.303 e. The first kappa shape index (κ1) is 56.0. The second-order valence-corrected chi connectivity index (χ2v) is 15.0. The molecule has 0 unspecified atom stereocenters. The molecule has 0 amide bonds. The molecule has 10 nitrogen and oxygen atoms in total. The Balaban J connectivity index is -0.000000726. The summed E-state index contributed by atoms with van der Waals surface area (Å²) in [6, 6.07) is 0. The third-order valence-corrected chi connectivity index (χ3v) is 9.73. The fraction of sp³-hybridized carbons (Fsp3) is 0.953. The summed E-state index contributed by atoms with van der Waals surface area (Å²) in [6.07, 6.45) is 34.8. The summed E-state index contributed by atoms with van der Waals surface area (Å²) in [5, 5.41) is 64.5. The Kier molecular flexibility index (Phi) is 49.5. The molecule has 0 saturated carbocycles. The van der Waals surface area contributed by atoms with Gasteiger partial charge in [0, 0.05) is 19.4 Å². The van der Waals surface area contributed by atoms with Crippen LogP contribution in [0.2, 0.25) is 0 Å². The molecule has 0 aromatic carbocycles. The molecule has 0 bridgehead atoms. The van der Waals surface area contributed by atoms with E-state index in [1.165, 1.54) is 167 Å². The van der Waals surface area contributed by atoms with Crippen LogP contribution in [0.4, 0.5) is 0 Å². The Morgan fingerprint density at radius 2 is 0.642 bits per heavy atom. The van der Waals surface area contributed by atoms with Gasteiger partial charge in [-0.1, -0.05) is 194 Å². The number of aliphatic hydroxyl groups is 5. The van der Waals surface area contributed by atoms with Crippen molar-refractivity contribution in [1.29, 1.82) is 0 Å². The lowest BCUT2D eigenvalue weighted by Gasteiger charge is -2.25. The molecule has 0 radical (unpaired) electrons. The van der Waals surface area contributed by atoms with E-state index in [1.54, 1.807) is 7.05 Å². The van der Waals surface area contributed by atoms with Crippen molar-refractivity contribution < 1.29 is 45.3 Å². The van der Waals surface area contributed by atoms with E-state index in [2.05, 4.69) is 19.2 Å². The number of carboxylic acids is 2.